The highest BCUT2D eigenvalue weighted by atomic mass is 28.4. The first kappa shape index (κ1) is 76.7. The zero-order valence-electron chi connectivity index (χ0n) is 61.2. The van der Waals surface area contributed by atoms with E-state index in [2.05, 4.69) is 10.6 Å². The first-order chi connectivity index (χ1) is 51.5. The van der Waals surface area contributed by atoms with Crippen LogP contribution in [0.15, 0.2) is 121 Å². The predicted molar refractivity (Wildman–Crippen MR) is 394 cm³/mol. The fourth-order valence-electron chi connectivity index (χ4n) is 15.9. The van der Waals surface area contributed by atoms with Crippen molar-refractivity contribution in [3.63, 3.8) is 0 Å². The minimum atomic E-state index is -5.16. The van der Waals surface area contributed by atoms with E-state index in [1.54, 1.807) is 97.1 Å². The van der Waals surface area contributed by atoms with Crippen molar-refractivity contribution in [3.8, 4) is 46.0 Å². The van der Waals surface area contributed by atoms with Crippen LogP contribution in [-0.4, -0.2) is 142 Å². The van der Waals surface area contributed by atoms with Crippen molar-refractivity contribution >= 4 is 96.1 Å². The molecule has 0 saturated heterocycles. The van der Waals surface area contributed by atoms with Crippen LogP contribution in [0.1, 0.15) is 128 Å². The number of hydrogen-bond acceptors (Lipinski definition) is 16. The Hall–Kier alpha value is -9.53. The van der Waals surface area contributed by atoms with E-state index in [0.717, 1.165) is 22.3 Å². The van der Waals surface area contributed by atoms with Crippen molar-refractivity contribution in [1.82, 2.24) is 20.4 Å². The summed E-state index contributed by atoms with van der Waals surface area (Å²) in [7, 11) is 2.37. The first-order valence-corrected chi connectivity index (χ1v) is 39.5. The zero-order chi connectivity index (χ0) is 77.1. The maximum absolute atomic E-state index is 16.2. The summed E-state index contributed by atoms with van der Waals surface area (Å²) in [5.74, 6) is -8.46. The van der Waals surface area contributed by atoms with E-state index in [1.165, 1.54) is 66.9 Å². The van der Waals surface area contributed by atoms with Gasteiger partial charge in [0.05, 0.1) is 35.1 Å². The third-order valence-electron chi connectivity index (χ3n) is 21.2. The number of rotatable bonds is 26. The normalized spacial score (nSPS) is 18.5. The van der Waals surface area contributed by atoms with Gasteiger partial charge in [-0.25, -0.2) is 0 Å². The molecule has 2 heterocycles. The Morgan fingerprint density at radius 1 is 0.398 bits per heavy atom. The second-order valence-corrected chi connectivity index (χ2v) is 34.5. The van der Waals surface area contributed by atoms with Gasteiger partial charge in [0.1, 0.15) is 58.1 Å². The lowest BCUT2D eigenvalue weighted by atomic mass is 9.80. The molecule has 0 bridgehead atoms. The van der Waals surface area contributed by atoms with E-state index in [0.29, 0.717) is 60.4 Å². The molecule has 0 radical (unpaired) electrons. The molecular weight excluding hydrogens is 1440 g/mol. The van der Waals surface area contributed by atoms with Gasteiger partial charge in [0.2, 0.25) is 11.8 Å². The first-order valence-electron chi connectivity index (χ1n) is 35.6. The van der Waals surface area contributed by atoms with Gasteiger partial charge in [0.25, 0.3) is 23.6 Å². The maximum atomic E-state index is 16.2. The number of alkyl halides is 6. The molecule has 0 aromatic heterocycles. The number of ether oxygens (including phenoxy) is 4. The van der Waals surface area contributed by atoms with Gasteiger partial charge in [-0.15, -0.1) is 0 Å². The van der Waals surface area contributed by atoms with Crippen molar-refractivity contribution in [2.24, 2.45) is 11.8 Å². The number of aryl methyl sites for hydroxylation is 4. The minimum absolute atomic E-state index is 0.00337. The lowest BCUT2D eigenvalue weighted by molar-refractivity contribution is -0.154. The molecule has 2 N–H and O–H groups in total. The Morgan fingerprint density at radius 2 is 0.648 bits per heavy atom. The molecule has 6 amide bonds. The molecule has 9 aromatic carbocycles. The van der Waals surface area contributed by atoms with Crippen LogP contribution in [0.25, 0.3) is 43.1 Å². The maximum Gasteiger partial charge on any atom is 0.500 e. The van der Waals surface area contributed by atoms with Crippen molar-refractivity contribution in [2.45, 2.75) is 141 Å². The zero-order valence-corrected chi connectivity index (χ0v) is 63.2. The summed E-state index contributed by atoms with van der Waals surface area (Å²) in [5, 5.41) is 5.19. The SMILES string of the molecule is CO[Si](CC1CCCC(NC(=O)C(CC(F)(F)F)N2C(=O)c3cc(Oc4ccc(C)cc4)c4c5c(Oc6ccc(C)cc6)cc6c7c(cc(Oc8ccc(C)cc8)c(c8c(Oc9ccc(C)cc9)cc(c3c48)C2=O)c75)C(=O)N(C(CC(F)(F)F)C(=O)NC2CCCC(C[Si](OC)(OC)OC)C2)C6=O)C1)(OC)OC. The van der Waals surface area contributed by atoms with Crippen LogP contribution in [0.5, 0.6) is 46.0 Å². The molecule has 568 valence electrons. The fourth-order valence-corrected chi connectivity index (χ4v) is 20.1. The highest BCUT2D eigenvalue weighted by Gasteiger charge is 2.52. The van der Waals surface area contributed by atoms with Crippen LogP contribution in [0.2, 0.25) is 12.1 Å². The molecule has 2 fully saturated rings. The van der Waals surface area contributed by atoms with Gasteiger partial charge in [-0.05, 0) is 138 Å². The van der Waals surface area contributed by atoms with E-state index < -0.39 is 125 Å². The number of carbonyl (C=O) groups is 6. The van der Waals surface area contributed by atoms with E-state index in [1.807, 2.05) is 27.7 Å². The Balaban J connectivity index is 1.09. The molecule has 6 atom stereocenters. The summed E-state index contributed by atoms with van der Waals surface area (Å²) in [6.07, 6.45) is -10.6. The summed E-state index contributed by atoms with van der Waals surface area (Å²) in [6.45, 7) is 7.31. The number of halogens is 6. The third kappa shape index (κ3) is 15.2. The number of amides is 6. The number of nitrogens with zero attached hydrogens (tertiary/aromatic N) is 2. The van der Waals surface area contributed by atoms with Crippen LogP contribution in [0, 0.1) is 39.5 Å². The second kappa shape index (κ2) is 30.5. The molecular formula is C80H82F6N4O16Si2. The molecule has 0 spiro atoms. The molecule has 6 unspecified atom stereocenters. The lowest BCUT2D eigenvalue weighted by Gasteiger charge is -2.38. The topological polar surface area (TPSA) is 225 Å². The van der Waals surface area contributed by atoms with Crippen molar-refractivity contribution < 1.29 is 101 Å². The molecule has 2 saturated carbocycles. The van der Waals surface area contributed by atoms with E-state index in [4.69, 9.17) is 45.5 Å². The molecule has 4 aliphatic rings. The Bertz CT molecular complexity index is 4410. The summed E-state index contributed by atoms with van der Waals surface area (Å²) >= 11 is 0. The van der Waals surface area contributed by atoms with Crippen molar-refractivity contribution in [2.75, 3.05) is 42.7 Å². The van der Waals surface area contributed by atoms with Gasteiger partial charge in [0.15, 0.2) is 0 Å². The standard InChI is InChI=1S/C80H82F6N4O16Si2/c1-43-17-25-51(26-18-43)103-61-35-55-65-56(76(94)89(75(55)93)59(39-79(81,82)83)73(91)87-49-15-11-13-47(33-49)41-107(97-5,98-6)99-7)37-63(105-53-29-21-45(3)22-30-53)69-70-64(106-54-31-23-46(4)24-32-54)38-58-66-57(36-62(68(72(66)70)67(61)71(65)69)104-52-27-19-44(2)20-28-52)77(95)90(78(58)96)60(40-80(84,85)86)74(92)88-50-16-12-14-48(34-50)42-108(100-8,101-9)102-10/h17-32,35-38,47-50,59-60H,11-16,33-34,39-42H2,1-10H3,(H,87,91)(H,88,92). The van der Waals surface area contributed by atoms with Crippen LogP contribution in [0.3, 0.4) is 0 Å². The lowest BCUT2D eigenvalue weighted by Crippen LogP contribution is -2.57. The van der Waals surface area contributed by atoms with Crippen molar-refractivity contribution in [1.29, 1.82) is 0 Å². The van der Waals surface area contributed by atoms with E-state index in [-0.39, 0.29) is 114 Å². The van der Waals surface area contributed by atoms with Gasteiger partial charge >= 0.3 is 30.0 Å². The van der Waals surface area contributed by atoms with Crippen LogP contribution < -0.4 is 29.6 Å². The molecule has 28 heteroatoms. The molecule has 2 aliphatic carbocycles. The van der Waals surface area contributed by atoms with E-state index >= 15 is 55.1 Å². The van der Waals surface area contributed by atoms with Gasteiger partial charge in [-0.1, -0.05) is 96.5 Å². The summed E-state index contributed by atoms with van der Waals surface area (Å²) in [6, 6.07) is 26.0. The van der Waals surface area contributed by atoms with Crippen LogP contribution in [-0.2, 0) is 36.1 Å². The quantitative estimate of drug-likeness (QED) is 0.0169. The Kier molecular flexibility index (Phi) is 21.6. The fraction of sp³-hybridized carbons (Fsp3) is 0.375. The van der Waals surface area contributed by atoms with Gasteiger partial charge in [-0.2, -0.15) is 26.3 Å². The second-order valence-electron chi connectivity index (χ2n) is 28.5. The van der Waals surface area contributed by atoms with Crippen LogP contribution >= 0.6 is 0 Å². The Morgan fingerprint density at radius 3 is 0.880 bits per heavy atom. The minimum Gasteiger partial charge on any atom is -0.457 e. The molecule has 108 heavy (non-hydrogen) atoms. The average Bonchev–Trinajstić information content (AvgIpc) is 0.670. The summed E-state index contributed by atoms with van der Waals surface area (Å²) in [5.41, 5.74) is 1.55. The molecule has 20 nitrogen and oxygen atoms in total. The van der Waals surface area contributed by atoms with Crippen LogP contribution in [0.4, 0.5) is 26.3 Å². The van der Waals surface area contributed by atoms with Gasteiger partial charge < -0.3 is 56.1 Å². The number of carbonyl (C=O) groups excluding carboxylic acids is 6. The van der Waals surface area contributed by atoms with Gasteiger partial charge in [-0.3, -0.25) is 38.6 Å². The largest absolute Gasteiger partial charge is 0.500 e. The average molecular weight is 1530 g/mol. The summed E-state index contributed by atoms with van der Waals surface area (Å²) < 4.78 is 155. The molecule has 9 aromatic rings. The van der Waals surface area contributed by atoms with Crippen molar-refractivity contribution in [3.05, 3.63) is 166 Å². The highest BCUT2D eigenvalue weighted by Crippen LogP contribution is 2.59. The highest BCUT2D eigenvalue weighted by molar-refractivity contribution is 6.61. The monoisotopic (exact) mass is 1520 g/mol. The number of fused-ring (bicyclic) bond motifs is 2. The Labute approximate surface area is 621 Å². The smallest absolute Gasteiger partial charge is 0.457 e. The predicted octanol–water partition coefficient (Wildman–Crippen LogP) is 17.1. The number of benzene rings is 9. The molecule has 2 aliphatic heterocycles. The number of nitrogens with one attached hydrogen (secondary N) is 2. The summed E-state index contributed by atoms with van der Waals surface area (Å²) in [4.78, 5) is 95.5. The number of hydrogen-bond donors (Lipinski definition) is 2. The van der Waals surface area contributed by atoms with Gasteiger partial charge in [0, 0.05) is 110 Å². The molecule has 13 rings (SSSR count). The van der Waals surface area contributed by atoms with E-state index in [9.17, 15) is 0 Å². The number of imide groups is 2. The third-order valence-corrected chi connectivity index (χ3v) is 27.1.